The second-order valence-electron chi connectivity index (χ2n) is 5.20. The molecule has 3 aromatic rings. The van der Waals surface area contributed by atoms with Crippen molar-refractivity contribution < 1.29 is 27.9 Å². The van der Waals surface area contributed by atoms with E-state index in [1.165, 1.54) is 26.4 Å². The van der Waals surface area contributed by atoms with Gasteiger partial charge in [-0.15, -0.1) is 0 Å². The number of benzene rings is 2. The lowest BCUT2D eigenvalue weighted by Crippen LogP contribution is -1.94. The summed E-state index contributed by atoms with van der Waals surface area (Å²) < 4.78 is 43.2. The van der Waals surface area contributed by atoms with Crippen LogP contribution in [0, 0.1) is 11.6 Å². The molecule has 0 bridgehead atoms. The summed E-state index contributed by atoms with van der Waals surface area (Å²) in [5, 5.41) is 13.7. The van der Waals surface area contributed by atoms with E-state index in [-0.39, 0.29) is 16.9 Å². The second kappa shape index (κ2) is 6.90. The third-order valence-corrected chi connectivity index (χ3v) is 3.77. The van der Waals surface area contributed by atoms with Crippen LogP contribution in [0.15, 0.2) is 40.9 Å². The Balaban J connectivity index is 2.17. The Morgan fingerprint density at radius 3 is 2.36 bits per heavy atom. The maximum Gasteiger partial charge on any atom is 0.176 e. The molecule has 0 aliphatic heterocycles. The molecule has 0 unspecified atom stereocenters. The molecule has 3 rings (SSSR count). The second-order valence-corrected chi connectivity index (χ2v) is 5.20. The number of aliphatic hydroxyl groups excluding tert-OH is 1. The summed E-state index contributed by atoms with van der Waals surface area (Å²) in [4.78, 5) is 0. The predicted molar refractivity (Wildman–Crippen MR) is 86.3 cm³/mol. The number of hydrogen-bond acceptors (Lipinski definition) is 5. The van der Waals surface area contributed by atoms with Crippen LogP contribution < -0.4 is 9.47 Å². The van der Waals surface area contributed by atoms with Crippen molar-refractivity contribution in [3.05, 3.63) is 53.6 Å². The van der Waals surface area contributed by atoms with E-state index in [1.807, 2.05) is 0 Å². The summed E-state index contributed by atoms with van der Waals surface area (Å²) >= 11 is 0. The Bertz CT molecular complexity index is 886. The van der Waals surface area contributed by atoms with Gasteiger partial charge in [-0.25, -0.2) is 8.78 Å². The molecule has 0 saturated heterocycles. The van der Waals surface area contributed by atoms with Crippen molar-refractivity contribution in [3.8, 4) is 34.1 Å². The maximum atomic E-state index is 14.1. The summed E-state index contributed by atoms with van der Waals surface area (Å²) in [6.07, 6.45) is 0. The number of nitrogens with zero attached hydrogens (tertiary/aromatic N) is 1. The molecule has 0 amide bonds. The number of hydrogen-bond donors (Lipinski definition) is 1. The molecule has 0 atom stereocenters. The number of halogens is 2. The number of aromatic nitrogens is 1. The first-order valence-electron chi connectivity index (χ1n) is 7.36. The van der Waals surface area contributed by atoms with Crippen LogP contribution in [-0.2, 0) is 6.61 Å². The van der Waals surface area contributed by atoms with Gasteiger partial charge in [0.05, 0.1) is 32.0 Å². The number of aliphatic hydroxyl groups is 1. The molecule has 1 N–H and O–H groups in total. The predicted octanol–water partition coefficient (Wildman–Crippen LogP) is 3.80. The SMILES string of the molecule is COc1cc(OC)cc(-c2noc(-c3cccc(F)c3F)c2CO)c1. The van der Waals surface area contributed by atoms with E-state index in [2.05, 4.69) is 5.16 Å². The number of methoxy groups -OCH3 is 2. The van der Waals surface area contributed by atoms with Gasteiger partial charge in [-0.05, 0) is 24.3 Å². The summed E-state index contributed by atoms with van der Waals surface area (Å²) in [5.74, 6) is -1.08. The fourth-order valence-electron chi connectivity index (χ4n) is 2.52. The monoisotopic (exact) mass is 347 g/mol. The van der Waals surface area contributed by atoms with Crippen LogP contribution in [-0.4, -0.2) is 24.5 Å². The molecule has 7 heteroatoms. The highest BCUT2D eigenvalue weighted by Gasteiger charge is 2.23. The molecule has 0 aliphatic rings. The fourth-order valence-corrected chi connectivity index (χ4v) is 2.52. The van der Waals surface area contributed by atoms with Crippen LogP contribution in [0.1, 0.15) is 5.56 Å². The average Bonchev–Trinajstić information content (AvgIpc) is 3.07. The van der Waals surface area contributed by atoms with Crippen molar-refractivity contribution in [1.82, 2.24) is 5.16 Å². The Hall–Kier alpha value is -2.93. The molecule has 0 radical (unpaired) electrons. The quantitative estimate of drug-likeness (QED) is 0.761. The van der Waals surface area contributed by atoms with Crippen LogP contribution in [0.4, 0.5) is 8.78 Å². The van der Waals surface area contributed by atoms with Gasteiger partial charge in [0.1, 0.15) is 17.2 Å². The highest BCUT2D eigenvalue weighted by Crippen LogP contribution is 2.36. The molecule has 1 heterocycles. The van der Waals surface area contributed by atoms with Crippen LogP contribution in [0.25, 0.3) is 22.6 Å². The molecule has 2 aromatic carbocycles. The zero-order valence-electron chi connectivity index (χ0n) is 13.5. The lowest BCUT2D eigenvalue weighted by Gasteiger charge is -2.08. The summed E-state index contributed by atoms with van der Waals surface area (Å²) in [6, 6.07) is 8.73. The Labute approximate surface area is 142 Å². The van der Waals surface area contributed by atoms with E-state index in [0.29, 0.717) is 22.8 Å². The largest absolute Gasteiger partial charge is 0.497 e. The van der Waals surface area contributed by atoms with Crippen molar-refractivity contribution in [2.75, 3.05) is 14.2 Å². The molecule has 0 aliphatic carbocycles. The first-order valence-corrected chi connectivity index (χ1v) is 7.36. The molecule has 130 valence electrons. The lowest BCUT2D eigenvalue weighted by atomic mass is 10.0. The van der Waals surface area contributed by atoms with Gasteiger partial charge in [-0.1, -0.05) is 11.2 Å². The van der Waals surface area contributed by atoms with Crippen LogP contribution in [0.2, 0.25) is 0 Å². The third-order valence-electron chi connectivity index (χ3n) is 3.77. The molecule has 1 aromatic heterocycles. The zero-order chi connectivity index (χ0) is 18.0. The zero-order valence-corrected chi connectivity index (χ0v) is 13.5. The first-order chi connectivity index (χ1) is 12.1. The van der Waals surface area contributed by atoms with E-state index >= 15 is 0 Å². The van der Waals surface area contributed by atoms with Crippen molar-refractivity contribution >= 4 is 0 Å². The highest BCUT2D eigenvalue weighted by molar-refractivity contribution is 5.74. The number of ether oxygens (including phenoxy) is 2. The van der Waals surface area contributed by atoms with Crippen LogP contribution in [0.3, 0.4) is 0 Å². The molecule has 25 heavy (non-hydrogen) atoms. The molecule has 0 fully saturated rings. The van der Waals surface area contributed by atoms with Gasteiger partial charge in [-0.2, -0.15) is 0 Å². The number of rotatable bonds is 5. The van der Waals surface area contributed by atoms with E-state index in [0.717, 1.165) is 6.07 Å². The summed E-state index contributed by atoms with van der Waals surface area (Å²) in [7, 11) is 3.00. The van der Waals surface area contributed by atoms with E-state index in [9.17, 15) is 13.9 Å². The van der Waals surface area contributed by atoms with Gasteiger partial charge < -0.3 is 19.1 Å². The smallest absolute Gasteiger partial charge is 0.176 e. The van der Waals surface area contributed by atoms with Crippen molar-refractivity contribution in [3.63, 3.8) is 0 Å². The summed E-state index contributed by atoms with van der Waals surface area (Å²) in [5.41, 5.74) is 0.961. The van der Waals surface area contributed by atoms with E-state index in [1.54, 1.807) is 18.2 Å². The fraction of sp³-hybridized carbons (Fsp3) is 0.167. The Morgan fingerprint density at radius 1 is 1.08 bits per heavy atom. The van der Waals surface area contributed by atoms with Crippen molar-refractivity contribution in [2.24, 2.45) is 0 Å². The minimum absolute atomic E-state index is 0.0312. The lowest BCUT2D eigenvalue weighted by molar-refractivity contribution is 0.281. The maximum absolute atomic E-state index is 14.1. The standard InChI is InChI=1S/C18H15F2NO4/c1-23-11-6-10(7-12(8-11)24-2)17-14(9-22)18(25-21-17)13-4-3-5-15(19)16(13)20/h3-8,22H,9H2,1-2H3. The van der Waals surface area contributed by atoms with Gasteiger partial charge in [0, 0.05) is 11.6 Å². The highest BCUT2D eigenvalue weighted by atomic mass is 19.2. The minimum Gasteiger partial charge on any atom is -0.497 e. The molecule has 0 saturated carbocycles. The molecule has 5 nitrogen and oxygen atoms in total. The Morgan fingerprint density at radius 2 is 1.76 bits per heavy atom. The topological polar surface area (TPSA) is 64.7 Å². The van der Waals surface area contributed by atoms with Gasteiger partial charge in [-0.3, -0.25) is 0 Å². The van der Waals surface area contributed by atoms with E-state index in [4.69, 9.17) is 14.0 Å². The average molecular weight is 347 g/mol. The van der Waals surface area contributed by atoms with Crippen molar-refractivity contribution in [1.29, 1.82) is 0 Å². The minimum atomic E-state index is -1.07. The molecular formula is C18H15F2NO4. The summed E-state index contributed by atoms with van der Waals surface area (Å²) in [6.45, 7) is -0.469. The van der Waals surface area contributed by atoms with Gasteiger partial charge >= 0.3 is 0 Å². The first kappa shape index (κ1) is 16.9. The molecule has 0 spiro atoms. The van der Waals surface area contributed by atoms with Crippen molar-refractivity contribution in [2.45, 2.75) is 6.61 Å². The van der Waals surface area contributed by atoms with Gasteiger partial charge in [0.15, 0.2) is 17.4 Å². The van der Waals surface area contributed by atoms with Gasteiger partial charge in [0.2, 0.25) is 0 Å². The molecular weight excluding hydrogens is 332 g/mol. The van der Waals surface area contributed by atoms with Crippen LogP contribution >= 0.6 is 0 Å². The van der Waals surface area contributed by atoms with Gasteiger partial charge in [0.25, 0.3) is 0 Å². The van der Waals surface area contributed by atoms with Crippen LogP contribution in [0.5, 0.6) is 11.5 Å². The third kappa shape index (κ3) is 3.06. The normalized spacial score (nSPS) is 10.8. The Kier molecular flexibility index (Phi) is 4.67. The van der Waals surface area contributed by atoms with E-state index < -0.39 is 18.2 Å².